The standard InChI is InChI=1S/C19H21O5P/c1-12-8-13(2)18(14(3)9-12)19(20)16-6-4-5-7-17(16)25(21,22)24-11-15-10-23-15/h4-9,15H,10-11H2,1-3H3,(H,21,22). The predicted molar refractivity (Wildman–Crippen MR) is 95.7 cm³/mol. The van der Waals surface area contributed by atoms with Gasteiger partial charge in [0.2, 0.25) is 0 Å². The van der Waals surface area contributed by atoms with E-state index in [1.165, 1.54) is 6.07 Å². The number of ketones is 1. The van der Waals surface area contributed by atoms with Gasteiger partial charge >= 0.3 is 7.60 Å². The van der Waals surface area contributed by atoms with Crippen LogP contribution < -0.4 is 5.30 Å². The fraction of sp³-hybridized carbons (Fsp3) is 0.316. The number of hydrogen-bond donors (Lipinski definition) is 1. The zero-order chi connectivity index (χ0) is 18.2. The quantitative estimate of drug-likeness (QED) is 0.487. The fourth-order valence-corrected chi connectivity index (χ4v) is 4.27. The Morgan fingerprint density at radius 2 is 1.84 bits per heavy atom. The van der Waals surface area contributed by atoms with Crippen molar-refractivity contribution < 1.29 is 23.5 Å². The molecule has 0 aromatic heterocycles. The summed E-state index contributed by atoms with van der Waals surface area (Å²) in [4.78, 5) is 23.5. The molecule has 1 heterocycles. The Labute approximate surface area is 147 Å². The van der Waals surface area contributed by atoms with E-state index < -0.39 is 7.60 Å². The van der Waals surface area contributed by atoms with Crippen molar-refractivity contribution in [3.63, 3.8) is 0 Å². The van der Waals surface area contributed by atoms with E-state index >= 15 is 0 Å². The highest BCUT2D eigenvalue weighted by Gasteiger charge is 2.33. The second-order valence-electron chi connectivity index (χ2n) is 6.39. The second-order valence-corrected chi connectivity index (χ2v) is 8.17. The normalized spacial score (nSPS) is 18.6. The van der Waals surface area contributed by atoms with Gasteiger partial charge in [-0.3, -0.25) is 9.36 Å². The van der Waals surface area contributed by atoms with Crippen LogP contribution in [0.2, 0.25) is 0 Å². The molecule has 1 saturated heterocycles. The average molecular weight is 360 g/mol. The van der Waals surface area contributed by atoms with Crippen LogP contribution in [0.15, 0.2) is 36.4 Å². The van der Waals surface area contributed by atoms with Crippen LogP contribution in [-0.2, 0) is 13.8 Å². The van der Waals surface area contributed by atoms with Crippen LogP contribution in [0.1, 0.15) is 32.6 Å². The van der Waals surface area contributed by atoms with Gasteiger partial charge in [-0.2, -0.15) is 0 Å². The molecule has 3 rings (SSSR count). The summed E-state index contributed by atoms with van der Waals surface area (Å²) >= 11 is 0. The molecule has 0 amide bonds. The maximum Gasteiger partial charge on any atom is 0.359 e. The summed E-state index contributed by atoms with van der Waals surface area (Å²) in [5, 5.41) is 0.0278. The van der Waals surface area contributed by atoms with E-state index in [-0.39, 0.29) is 29.4 Å². The first kappa shape index (κ1) is 18.0. The Morgan fingerprint density at radius 1 is 1.24 bits per heavy atom. The van der Waals surface area contributed by atoms with Gasteiger partial charge in [-0.25, -0.2) is 0 Å². The molecule has 132 valence electrons. The zero-order valence-corrected chi connectivity index (χ0v) is 15.4. The minimum absolute atomic E-state index is 0.0278. The number of ether oxygens (including phenoxy) is 1. The first-order chi connectivity index (χ1) is 11.8. The molecule has 1 aliphatic rings. The Morgan fingerprint density at radius 3 is 2.44 bits per heavy atom. The Hall–Kier alpha value is -1.78. The van der Waals surface area contributed by atoms with Gasteiger partial charge in [-0.1, -0.05) is 35.9 Å². The lowest BCUT2D eigenvalue weighted by molar-refractivity contribution is 0.103. The number of rotatable bonds is 6. The van der Waals surface area contributed by atoms with Gasteiger partial charge in [0.05, 0.1) is 18.5 Å². The smallest absolute Gasteiger partial charge is 0.359 e. The molecule has 0 radical (unpaired) electrons. The summed E-state index contributed by atoms with van der Waals surface area (Å²) in [5.74, 6) is -0.272. The molecule has 6 heteroatoms. The molecule has 5 nitrogen and oxygen atoms in total. The first-order valence-electron chi connectivity index (χ1n) is 8.10. The Kier molecular flexibility index (Phi) is 4.94. The van der Waals surface area contributed by atoms with Gasteiger partial charge < -0.3 is 14.2 Å². The van der Waals surface area contributed by atoms with Crippen molar-refractivity contribution in [1.82, 2.24) is 0 Å². The van der Waals surface area contributed by atoms with Crippen LogP contribution in [0, 0.1) is 20.8 Å². The van der Waals surface area contributed by atoms with Crippen molar-refractivity contribution in [2.45, 2.75) is 26.9 Å². The van der Waals surface area contributed by atoms with E-state index in [4.69, 9.17) is 9.26 Å². The topological polar surface area (TPSA) is 76.1 Å². The Balaban J connectivity index is 2.00. The third kappa shape index (κ3) is 3.91. The van der Waals surface area contributed by atoms with Gasteiger partial charge in [0.25, 0.3) is 0 Å². The third-order valence-corrected chi connectivity index (χ3v) is 5.69. The molecule has 0 spiro atoms. The first-order valence-corrected chi connectivity index (χ1v) is 9.68. The SMILES string of the molecule is Cc1cc(C)c(C(=O)c2ccccc2P(=O)(O)OCC2CO2)c(C)c1. The van der Waals surface area contributed by atoms with Crippen molar-refractivity contribution in [2.24, 2.45) is 0 Å². The highest BCUT2D eigenvalue weighted by Crippen LogP contribution is 2.43. The van der Waals surface area contributed by atoms with E-state index in [0.717, 1.165) is 16.7 Å². The molecule has 0 aliphatic carbocycles. The van der Waals surface area contributed by atoms with E-state index in [9.17, 15) is 14.3 Å². The second kappa shape index (κ2) is 6.85. The molecule has 2 unspecified atom stereocenters. The average Bonchev–Trinajstić information content (AvgIpc) is 3.36. The van der Waals surface area contributed by atoms with E-state index in [0.29, 0.717) is 12.2 Å². The maximum atomic E-state index is 13.1. The van der Waals surface area contributed by atoms with Crippen molar-refractivity contribution in [2.75, 3.05) is 13.2 Å². The molecule has 0 saturated carbocycles. The minimum atomic E-state index is -4.11. The minimum Gasteiger partial charge on any atom is -0.371 e. The highest BCUT2D eigenvalue weighted by molar-refractivity contribution is 7.61. The molecular formula is C19H21O5P. The van der Waals surface area contributed by atoms with Crippen LogP contribution in [0.5, 0.6) is 0 Å². The lowest BCUT2D eigenvalue weighted by Gasteiger charge is -2.17. The molecule has 2 atom stereocenters. The van der Waals surface area contributed by atoms with Crippen molar-refractivity contribution >= 4 is 18.7 Å². The molecular weight excluding hydrogens is 339 g/mol. The lowest BCUT2D eigenvalue weighted by Crippen LogP contribution is -2.20. The van der Waals surface area contributed by atoms with Gasteiger partial charge in [-0.15, -0.1) is 0 Å². The van der Waals surface area contributed by atoms with E-state index in [2.05, 4.69) is 0 Å². The number of benzene rings is 2. The zero-order valence-electron chi connectivity index (χ0n) is 14.5. The van der Waals surface area contributed by atoms with Crippen molar-refractivity contribution in [3.8, 4) is 0 Å². The summed E-state index contributed by atoms with van der Waals surface area (Å²) in [5.41, 5.74) is 3.51. The summed E-state index contributed by atoms with van der Waals surface area (Å²) in [6.07, 6.45) is -0.134. The van der Waals surface area contributed by atoms with Crippen LogP contribution in [-0.4, -0.2) is 30.0 Å². The van der Waals surface area contributed by atoms with Gasteiger partial charge in [0, 0.05) is 11.1 Å². The number of aryl methyl sites for hydroxylation is 3. The van der Waals surface area contributed by atoms with E-state index in [1.807, 2.05) is 32.9 Å². The summed E-state index contributed by atoms with van der Waals surface area (Å²) in [7, 11) is -4.11. The molecule has 2 aromatic carbocycles. The molecule has 2 aromatic rings. The van der Waals surface area contributed by atoms with Gasteiger partial charge in [0.15, 0.2) is 5.78 Å². The summed E-state index contributed by atoms with van der Waals surface area (Å²) in [6, 6.07) is 10.2. The number of hydrogen-bond acceptors (Lipinski definition) is 4. The molecule has 1 N–H and O–H groups in total. The predicted octanol–water partition coefficient (Wildman–Crippen LogP) is 3.07. The highest BCUT2D eigenvalue weighted by atomic mass is 31.2. The third-order valence-electron chi connectivity index (χ3n) is 4.19. The molecule has 1 aliphatic heterocycles. The maximum absolute atomic E-state index is 13.1. The van der Waals surface area contributed by atoms with E-state index in [1.54, 1.807) is 18.2 Å². The monoisotopic (exact) mass is 360 g/mol. The fourth-order valence-electron chi connectivity index (χ4n) is 3.00. The number of epoxide rings is 1. The van der Waals surface area contributed by atoms with Crippen LogP contribution in [0.25, 0.3) is 0 Å². The van der Waals surface area contributed by atoms with Crippen molar-refractivity contribution in [3.05, 3.63) is 64.2 Å². The van der Waals surface area contributed by atoms with Crippen LogP contribution in [0.4, 0.5) is 0 Å². The molecule has 25 heavy (non-hydrogen) atoms. The number of carbonyl (C=O) groups is 1. The summed E-state index contributed by atoms with van der Waals surface area (Å²) < 4.78 is 22.8. The van der Waals surface area contributed by atoms with Gasteiger partial charge in [0.1, 0.15) is 6.10 Å². The largest absolute Gasteiger partial charge is 0.371 e. The van der Waals surface area contributed by atoms with Crippen molar-refractivity contribution in [1.29, 1.82) is 0 Å². The molecule has 1 fully saturated rings. The lowest BCUT2D eigenvalue weighted by atomic mass is 9.93. The molecule has 0 bridgehead atoms. The van der Waals surface area contributed by atoms with Crippen LogP contribution in [0.3, 0.4) is 0 Å². The van der Waals surface area contributed by atoms with Gasteiger partial charge in [-0.05, 0) is 38.0 Å². The number of carbonyl (C=O) groups excluding carboxylic acids is 1. The Bertz CT molecular complexity index is 847. The van der Waals surface area contributed by atoms with Crippen LogP contribution >= 0.6 is 7.60 Å². The summed E-state index contributed by atoms with van der Waals surface area (Å²) in [6.45, 7) is 6.28.